The fourth-order valence-corrected chi connectivity index (χ4v) is 3.99. The SMILES string of the molecule is CCc1cccc(CC)c1-c1cc(OC)c(CN(C)Cc2cccc(Cl)c2)cn1. The second-order valence-electron chi connectivity index (χ2n) is 7.34. The van der Waals surface area contributed by atoms with Gasteiger partial charge in [-0.1, -0.05) is 55.8 Å². The van der Waals surface area contributed by atoms with E-state index in [0.29, 0.717) is 0 Å². The molecule has 29 heavy (non-hydrogen) atoms. The van der Waals surface area contributed by atoms with Gasteiger partial charge in [0.1, 0.15) is 5.75 Å². The Labute approximate surface area is 179 Å². The van der Waals surface area contributed by atoms with Crippen LogP contribution in [0, 0.1) is 0 Å². The van der Waals surface area contributed by atoms with Crippen LogP contribution in [0.3, 0.4) is 0 Å². The molecular weight excluding hydrogens is 380 g/mol. The lowest BCUT2D eigenvalue weighted by atomic mass is 9.94. The maximum atomic E-state index is 6.11. The van der Waals surface area contributed by atoms with Crippen molar-refractivity contribution >= 4 is 11.6 Å². The zero-order chi connectivity index (χ0) is 20.8. The molecule has 152 valence electrons. The van der Waals surface area contributed by atoms with Gasteiger partial charge in [-0.25, -0.2) is 0 Å². The van der Waals surface area contributed by atoms with E-state index in [4.69, 9.17) is 21.3 Å². The summed E-state index contributed by atoms with van der Waals surface area (Å²) >= 11 is 6.11. The topological polar surface area (TPSA) is 25.4 Å². The lowest BCUT2D eigenvalue weighted by Crippen LogP contribution is -2.18. The van der Waals surface area contributed by atoms with Crippen molar-refractivity contribution in [2.75, 3.05) is 14.2 Å². The summed E-state index contributed by atoms with van der Waals surface area (Å²) in [7, 11) is 3.82. The van der Waals surface area contributed by atoms with Crippen LogP contribution in [-0.4, -0.2) is 24.0 Å². The molecule has 0 saturated heterocycles. The summed E-state index contributed by atoms with van der Waals surface area (Å²) in [6.45, 7) is 5.94. The molecule has 0 saturated carbocycles. The molecule has 0 aliphatic rings. The quantitative estimate of drug-likeness (QED) is 0.445. The van der Waals surface area contributed by atoms with Crippen molar-refractivity contribution in [3.63, 3.8) is 0 Å². The van der Waals surface area contributed by atoms with Gasteiger partial charge >= 0.3 is 0 Å². The fraction of sp³-hybridized carbons (Fsp3) is 0.320. The molecule has 3 rings (SSSR count). The molecule has 1 heterocycles. The Morgan fingerprint density at radius 2 is 1.62 bits per heavy atom. The molecule has 0 radical (unpaired) electrons. The van der Waals surface area contributed by atoms with Crippen LogP contribution in [0.5, 0.6) is 5.75 Å². The van der Waals surface area contributed by atoms with Crippen molar-refractivity contribution in [1.29, 1.82) is 0 Å². The number of halogens is 1. The number of hydrogen-bond donors (Lipinski definition) is 0. The minimum Gasteiger partial charge on any atom is -0.496 e. The molecule has 2 aromatic carbocycles. The van der Waals surface area contributed by atoms with E-state index in [1.54, 1.807) is 7.11 Å². The van der Waals surface area contributed by atoms with Crippen LogP contribution in [0.1, 0.15) is 36.1 Å². The fourth-order valence-electron chi connectivity index (χ4n) is 3.78. The number of hydrogen-bond acceptors (Lipinski definition) is 3. The molecule has 0 atom stereocenters. The number of aryl methyl sites for hydroxylation is 2. The standard InChI is InChI=1S/C25H29ClN2O/c1-5-19-10-8-11-20(6-2)25(19)23-14-24(29-4)21(15-27-23)17-28(3)16-18-9-7-12-22(26)13-18/h7-15H,5-6,16-17H2,1-4H3. The maximum absolute atomic E-state index is 6.11. The first-order valence-electron chi connectivity index (χ1n) is 10.1. The highest BCUT2D eigenvalue weighted by Gasteiger charge is 2.14. The lowest BCUT2D eigenvalue weighted by Gasteiger charge is -2.20. The number of rotatable bonds is 8. The van der Waals surface area contributed by atoms with Gasteiger partial charge < -0.3 is 4.74 Å². The lowest BCUT2D eigenvalue weighted by molar-refractivity contribution is 0.309. The summed E-state index contributed by atoms with van der Waals surface area (Å²) in [5, 5.41) is 0.765. The van der Waals surface area contributed by atoms with Gasteiger partial charge in [0.15, 0.2) is 0 Å². The van der Waals surface area contributed by atoms with Gasteiger partial charge in [-0.2, -0.15) is 0 Å². The van der Waals surface area contributed by atoms with Crippen molar-refractivity contribution in [2.45, 2.75) is 39.8 Å². The zero-order valence-electron chi connectivity index (χ0n) is 17.7. The van der Waals surface area contributed by atoms with E-state index in [1.807, 2.05) is 24.4 Å². The van der Waals surface area contributed by atoms with Crippen molar-refractivity contribution < 1.29 is 4.74 Å². The zero-order valence-corrected chi connectivity index (χ0v) is 18.5. The first-order chi connectivity index (χ1) is 14.0. The molecule has 0 spiro atoms. The Kier molecular flexibility index (Phi) is 7.29. The maximum Gasteiger partial charge on any atom is 0.127 e. The molecule has 0 unspecified atom stereocenters. The van der Waals surface area contributed by atoms with Crippen molar-refractivity contribution in [2.24, 2.45) is 0 Å². The highest BCUT2D eigenvalue weighted by atomic mass is 35.5. The van der Waals surface area contributed by atoms with E-state index in [1.165, 1.54) is 22.3 Å². The Hall–Kier alpha value is -2.36. The predicted octanol–water partition coefficient (Wildman–Crippen LogP) is 6.17. The molecule has 0 N–H and O–H groups in total. The molecule has 0 amide bonds. The Morgan fingerprint density at radius 1 is 0.931 bits per heavy atom. The van der Waals surface area contributed by atoms with E-state index in [0.717, 1.165) is 48.0 Å². The third-order valence-corrected chi connectivity index (χ3v) is 5.44. The number of methoxy groups -OCH3 is 1. The minimum absolute atomic E-state index is 0.749. The van der Waals surface area contributed by atoms with Crippen LogP contribution in [0.25, 0.3) is 11.3 Å². The molecule has 0 aliphatic carbocycles. The van der Waals surface area contributed by atoms with E-state index in [-0.39, 0.29) is 0 Å². The second-order valence-corrected chi connectivity index (χ2v) is 7.78. The summed E-state index contributed by atoms with van der Waals surface area (Å²) in [6.07, 6.45) is 3.92. The second kappa shape index (κ2) is 9.91. The van der Waals surface area contributed by atoms with Crippen LogP contribution in [0.15, 0.2) is 54.7 Å². The molecule has 0 aliphatic heterocycles. The molecule has 0 bridgehead atoms. The third kappa shape index (κ3) is 5.17. The van der Waals surface area contributed by atoms with Gasteiger partial charge in [0.2, 0.25) is 0 Å². The van der Waals surface area contributed by atoms with Crippen LogP contribution in [0.4, 0.5) is 0 Å². The summed E-state index contributed by atoms with van der Waals surface area (Å²) < 4.78 is 5.74. The smallest absolute Gasteiger partial charge is 0.127 e. The van der Waals surface area contributed by atoms with E-state index in [2.05, 4.69) is 56.1 Å². The van der Waals surface area contributed by atoms with Gasteiger partial charge in [0, 0.05) is 41.5 Å². The summed E-state index contributed by atoms with van der Waals surface area (Å²) in [5.41, 5.74) is 7.14. The summed E-state index contributed by atoms with van der Waals surface area (Å²) in [6, 6.07) is 16.6. The molecule has 4 heteroatoms. The van der Waals surface area contributed by atoms with Crippen LogP contribution in [-0.2, 0) is 25.9 Å². The third-order valence-electron chi connectivity index (χ3n) is 5.20. The Balaban J connectivity index is 1.86. The van der Waals surface area contributed by atoms with Gasteiger partial charge in [-0.05, 0) is 48.7 Å². The number of pyridine rings is 1. The number of nitrogens with zero attached hydrogens (tertiary/aromatic N) is 2. The summed E-state index contributed by atoms with van der Waals surface area (Å²) in [5.74, 6) is 0.876. The normalized spacial score (nSPS) is 11.1. The molecule has 0 fully saturated rings. The molecule has 3 nitrogen and oxygen atoms in total. The number of ether oxygens (including phenoxy) is 1. The number of aromatic nitrogens is 1. The van der Waals surface area contributed by atoms with Gasteiger partial charge in [0.05, 0.1) is 12.8 Å². The van der Waals surface area contributed by atoms with Gasteiger partial charge in [0.25, 0.3) is 0 Å². The molecule has 3 aromatic rings. The van der Waals surface area contributed by atoms with Gasteiger partial charge in [-0.15, -0.1) is 0 Å². The van der Waals surface area contributed by atoms with Crippen molar-refractivity contribution in [3.8, 4) is 17.0 Å². The van der Waals surface area contributed by atoms with Gasteiger partial charge in [-0.3, -0.25) is 9.88 Å². The van der Waals surface area contributed by atoms with E-state index < -0.39 is 0 Å². The monoisotopic (exact) mass is 408 g/mol. The van der Waals surface area contributed by atoms with Crippen LogP contribution >= 0.6 is 11.6 Å². The summed E-state index contributed by atoms with van der Waals surface area (Å²) in [4.78, 5) is 7.06. The van der Waals surface area contributed by atoms with Crippen LogP contribution < -0.4 is 4.74 Å². The first-order valence-corrected chi connectivity index (χ1v) is 10.5. The van der Waals surface area contributed by atoms with Crippen LogP contribution in [0.2, 0.25) is 5.02 Å². The molecular formula is C25H29ClN2O. The number of benzene rings is 2. The Morgan fingerprint density at radius 3 is 2.24 bits per heavy atom. The van der Waals surface area contributed by atoms with E-state index >= 15 is 0 Å². The highest BCUT2D eigenvalue weighted by Crippen LogP contribution is 2.31. The average molecular weight is 409 g/mol. The molecule has 1 aromatic heterocycles. The first kappa shape index (κ1) is 21.4. The Bertz CT molecular complexity index is 949. The van der Waals surface area contributed by atoms with E-state index in [9.17, 15) is 0 Å². The minimum atomic E-state index is 0.749. The highest BCUT2D eigenvalue weighted by molar-refractivity contribution is 6.30. The average Bonchev–Trinajstić information content (AvgIpc) is 2.73. The van der Waals surface area contributed by atoms with Crippen molar-refractivity contribution in [3.05, 3.63) is 82.0 Å². The largest absolute Gasteiger partial charge is 0.496 e. The predicted molar refractivity (Wildman–Crippen MR) is 122 cm³/mol. The van der Waals surface area contributed by atoms with Crippen molar-refractivity contribution in [1.82, 2.24) is 9.88 Å².